The highest BCUT2D eigenvalue weighted by molar-refractivity contribution is 6.02. The van der Waals surface area contributed by atoms with Crippen LogP contribution in [-0.2, 0) is 0 Å². The van der Waals surface area contributed by atoms with Gasteiger partial charge in [0.2, 0.25) is 5.72 Å². The number of rotatable bonds is 2. The molecule has 0 N–H and O–H groups in total. The second kappa shape index (κ2) is 8.44. The summed E-state index contributed by atoms with van der Waals surface area (Å²) < 4.78 is 7.78. The molecular weight excluding hydrogens is 521 g/mol. The van der Waals surface area contributed by atoms with Gasteiger partial charge in [0.25, 0.3) is 0 Å². The summed E-state index contributed by atoms with van der Waals surface area (Å²) in [5, 5.41) is 7.54. The molecule has 1 spiro atoms. The van der Waals surface area contributed by atoms with E-state index in [9.17, 15) is 0 Å². The second-order valence-electron chi connectivity index (χ2n) is 10.0. The van der Waals surface area contributed by atoms with Crippen LogP contribution in [0.2, 0.25) is 0 Å². The average Bonchev–Trinajstić information content (AvgIpc) is 3.29. The molecule has 6 rings (SSSR count). The Morgan fingerprint density at radius 3 is 2.15 bits per heavy atom. The lowest BCUT2D eigenvalue weighted by molar-refractivity contribution is -0.898. The van der Waals surface area contributed by atoms with E-state index in [1.807, 2.05) is 0 Å². The van der Waals surface area contributed by atoms with Gasteiger partial charge in [0.05, 0.1) is 51.8 Å². The largest absolute Gasteiger partial charge is 1.00 e. The number of hydrogen-bond donors (Lipinski definition) is 0. The minimum absolute atomic E-state index is 0. The molecule has 4 nitrogen and oxygen atoms in total. The van der Waals surface area contributed by atoms with Crippen molar-refractivity contribution in [3.63, 3.8) is 0 Å². The van der Waals surface area contributed by atoms with Crippen molar-refractivity contribution in [3.05, 3.63) is 90.0 Å². The molecule has 1 fully saturated rings. The molecule has 3 aromatic carbocycles. The van der Waals surface area contributed by atoms with E-state index in [-0.39, 0.29) is 35.7 Å². The number of likely N-dealkylation sites (tertiary alicyclic amines) is 1. The van der Waals surface area contributed by atoms with Gasteiger partial charge in [-0.15, -0.1) is 0 Å². The van der Waals surface area contributed by atoms with Crippen LogP contribution in [0.4, 0.5) is 0 Å². The molecule has 3 aromatic rings. The summed E-state index contributed by atoms with van der Waals surface area (Å²) in [5.41, 5.74) is 5.78. The normalized spacial score (nSPS) is 21.9. The monoisotopic (exact) mass is 551 g/mol. The molecule has 0 aliphatic carbocycles. The van der Waals surface area contributed by atoms with Crippen LogP contribution in [0.25, 0.3) is 11.1 Å². The van der Waals surface area contributed by atoms with Crippen molar-refractivity contribution in [1.29, 1.82) is 0 Å². The van der Waals surface area contributed by atoms with Crippen LogP contribution < -0.4 is 28.7 Å². The number of fused-ring (bicyclic) bond motifs is 4. The number of nitrogens with zero attached hydrogens (tertiary/aromatic N) is 3. The molecule has 0 radical (unpaired) electrons. The minimum atomic E-state index is -0.335. The van der Waals surface area contributed by atoms with Crippen molar-refractivity contribution in [2.75, 3.05) is 27.2 Å². The van der Waals surface area contributed by atoms with Gasteiger partial charge in [-0.05, 0) is 22.8 Å². The maximum Gasteiger partial charge on any atom is 0.208 e. The molecule has 0 amide bonds. The third kappa shape index (κ3) is 3.95. The first-order valence-corrected chi connectivity index (χ1v) is 11.7. The third-order valence-electron chi connectivity index (χ3n) is 7.45. The third-order valence-corrected chi connectivity index (χ3v) is 7.45. The van der Waals surface area contributed by atoms with E-state index in [1.54, 1.807) is 0 Å². The van der Waals surface area contributed by atoms with Gasteiger partial charge < -0.3 is 33.2 Å². The van der Waals surface area contributed by atoms with Gasteiger partial charge >= 0.3 is 0 Å². The van der Waals surface area contributed by atoms with Gasteiger partial charge in [-0.3, -0.25) is 0 Å². The van der Waals surface area contributed by atoms with Crippen LogP contribution in [-0.4, -0.2) is 48.1 Å². The Balaban J connectivity index is 0.00000228. The molecule has 5 heteroatoms. The molecule has 3 aliphatic heterocycles. The zero-order chi connectivity index (χ0) is 21.8. The Kier molecular flexibility index (Phi) is 5.73. The van der Waals surface area contributed by atoms with Gasteiger partial charge in [-0.25, -0.2) is 5.01 Å². The summed E-state index contributed by atoms with van der Waals surface area (Å²) in [6, 6.07) is 28.2. The van der Waals surface area contributed by atoms with Gasteiger partial charge in [-0.1, -0.05) is 72.8 Å². The van der Waals surface area contributed by atoms with Gasteiger partial charge in [0.15, 0.2) is 0 Å². The topological polar surface area (TPSA) is 24.8 Å². The van der Waals surface area contributed by atoms with Crippen LogP contribution in [0.15, 0.2) is 84.0 Å². The molecular formula is C28H30IN3O. The predicted molar refractivity (Wildman–Crippen MR) is 128 cm³/mol. The van der Waals surface area contributed by atoms with E-state index in [4.69, 9.17) is 9.84 Å². The zero-order valence-corrected chi connectivity index (χ0v) is 21.4. The smallest absolute Gasteiger partial charge is 0.208 e. The molecule has 33 heavy (non-hydrogen) atoms. The average molecular weight is 551 g/mol. The van der Waals surface area contributed by atoms with Crippen molar-refractivity contribution in [2.45, 2.75) is 31.0 Å². The van der Waals surface area contributed by atoms with Crippen LogP contribution in [0.3, 0.4) is 0 Å². The van der Waals surface area contributed by atoms with Crippen LogP contribution in [0, 0.1) is 0 Å². The minimum Gasteiger partial charge on any atom is -1.00 e. The van der Waals surface area contributed by atoms with Crippen molar-refractivity contribution in [1.82, 2.24) is 5.01 Å². The molecule has 3 aliphatic rings. The number of benzene rings is 3. The highest BCUT2D eigenvalue weighted by atomic mass is 127. The maximum atomic E-state index is 6.74. The number of piperidine rings is 1. The van der Waals surface area contributed by atoms with Crippen molar-refractivity contribution in [2.24, 2.45) is 5.10 Å². The first-order valence-electron chi connectivity index (χ1n) is 11.7. The molecule has 170 valence electrons. The van der Waals surface area contributed by atoms with Gasteiger partial charge in [-0.2, -0.15) is 5.10 Å². The Labute approximate surface area is 213 Å². The molecule has 3 heterocycles. The lowest BCUT2D eigenvalue weighted by atomic mass is 9.90. The highest BCUT2D eigenvalue weighted by Gasteiger charge is 2.53. The van der Waals surface area contributed by atoms with E-state index in [1.165, 1.54) is 22.3 Å². The highest BCUT2D eigenvalue weighted by Crippen LogP contribution is 2.50. The van der Waals surface area contributed by atoms with Crippen LogP contribution in [0.5, 0.6) is 5.75 Å². The molecule has 0 bridgehead atoms. The zero-order valence-electron chi connectivity index (χ0n) is 19.2. The fraction of sp³-hybridized carbons (Fsp3) is 0.321. The molecule has 0 aromatic heterocycles. The molecule has 1 saturated heterocycles. The first kappa shape index (κ1) is 22.4. The number of hydrogen-bond acceptors (Lipinski definition) is 3. The van der Waals surface area contributed by atoms with E-state index in [0.29, 0.717) is 0 Å². The van der Waals surface area contributed by atoms with Gasteiger partial charge in [0.1, 0.15) is 5.75 Å². The summed E-state index contributed by atoms with van der Waals surface area (Å²) in [7, 11) is 4.63. The molecule has 0 saturated carbocycles. The Morgan fingerprint density at radius 1 is 0.818 bits per heavy atom. The number of hydrazone groups is 1. The number of halogens is 1. The SMILES string of the molecule is C[N+]1(C)CCC2(CC1)Oc1ccccc1C1CC(c3ccc(-c4ccccc4)cc3)=NN12.[I-]. The Bertz CT molecular complexity index is 1160. The van der Waals surface area contributed by atoms with E-state index < -0.39 is 0 Å². The van der Waals surface area contributed by atoms with E-state index >= 15 is 0 Å². The van der Waals surface area contributed by atoms with Crippen molar-refractivity contribution >= 4 is 5.71 Å². The fourth-order valence-electron chi connectivity index (χ4n) is 5.41. The van der Waals surface area contributed by atoms with Crippen molar-refractivity contribution in [3.8, 4) is 16.9 Å². The summed E-state index contributed by atoms with van der Waals surface area (Å²) in [4.78, 5) is 0. The lowest BCUT2D eigenvalue weighted by Crippen LogP contribution is -3.00. The standard InChI is InChI=1S/C28H30N3O.HI/c1-31(2)18-16-28(17-19-31)30-26(24-10-6-7-11-27(24)32-28)20-25(29-30)23-14-12-22(13-15-23)21-8-4-3-5-9-21;/h3-15,26H,16-20H2,1-2H3;1H/q+1;/p-1. The summed E-state index contributed by atoms with van der Waals surface area (Å²) in [6.07, 6.45) is 2.91. The fourth-order valence-corrected chi connectivity index (χ4v) is 5.41. The maximum absolute atomic E-state index is 6.74. The van der Waals surface area contributed by atoms with Crippen LogP contribution in [0.1, 0.15) is 36.4 Å². The first-order chi connectivity index (χ1) is 15.5. The summed E-state index contributed by atoms with van der Waals surface area (Å²) >= 11 is 0. The predicted octanol–water partition coefficient (Wildman–Crippen LogP) is 2.47. The van der Waals surface area contributed by atoms with Gasteiger partial charge in [0, 0.05) is 12.0 Å². The number of quaternary nitrogens is 1. The number of para-hydroxylation sites is 1. The quantitative estimate of drug-likeness (QED) is 0.362. The molecule has 1 unspecified atom stereocenters. The molecule has 1 atom stereocenters. The Morgan fingerprint density at radius 2 is 1.42 bits per heavy atom. The van der Waals surface area contributed by atoms with Crippen LogP contribution >= 0.6 is 0 Å². The second-order valence-corrected chi connectivity index (χ2v) is 10.0. The Hall–Kier alpha value is -2.38. The number of ether oxygens (including phenoxy) is 1. The lowest BCUT2D eigenvalue weighted by Gasteiger charge is -2.52. The van der Waals surface area contributed by atoms with Crippen molar-refractivity contribution < 1.29 is 33.2 Å². The van der Waals surface area contributed by atoms with E-state index in [0.717, 1.165) is 48.3 Å². The summed E-state index contributed by atoms with van der Waals surface area (Å²) in [5.74, 6) is 1.04. The van der Waals surface area contributed by atoms with E-state index in [2.05, 4.69) is 98.0 Å². The summed E-state index contributed by atoms with van der Waals surface area (Å²) in [6.45, 7) is 2.20.